The van der Waals surface area contributed by atoms with Crippen molar-refractivity contribution in [2.24, 2.45) is 0 Å². The van der Waals surface area contributed by atoms with Crippen molar-refractivity contribution in [3.05, 3.63) is 41.2 Å². The highest BCUT2D eigenvalue weighted by Gasteiger charge is 2.18. The van der Waals surface area contributed by atoms with E-state index in [0.29, 0.717) is 16.4 Å². The van der Waals surface area contributed by atoms with Crippen molar-refractivity contribution in [1.29, 1.82) is 0 Å². The van der Waals surface area contributed by atoms with Gasteiger partial charge in [-0.1, -0.05) is 0 Å². The van der Waals surface area contributed by atoms with E-state index in [1.165, 1.54) is 17.4 Å². The van der Waals surface area contributed by atoms with E-state index < -0.39 is 0 Å². The van der Waals surface area contributed by atoms with Crippen LogP contribution in [0.2, 0.25) is 0 Å². The lowest BCUT2D eigenvalue weighted by Gasteiger charge is -2.34. The van der Waals surface area contributed by atoms with Gasteiger partial charge in [0.05, 0.1) is 5.69 Å². The predicted molar refractivity (Wildman–Crippen MR) is 86.2 cm³/mol. The topological polar surface area (TPSA) is 48.5 Å². The number of nitrogens with zero attached hydrogens (tertiary/aromatic N) is 3. The summed E-state index contributed by atoms with van der Waals surface area (Å²) in [4.78, 5) is 20.3. The second kappa shape index (κ2) is 6.41. The molecule has 2 heterocycles. The zero-order chi connectivity index (χ0) is 15.5. The molecule has 116 valence electrons. The molecular formula is C15H17FN4OS. The van der Waals surface area contributed by atoms with Crippen molar-refractivity contribution in [1.82, 2.24) is 9.88 Å². The number of hydrogen-bond donors (Lipinski definition) is 1. The lowest BCUT2D eigenvalue weighted by Crippen LogP contribution is -2.44. The van der Waals surface area contributed by atoms with Gasteiger partial charge in [-0.25, -0.2) is 9.37 Å². The number of anilines is 2. The summed E-state index contributed by atoms with van der Waals surface area (Å²) in [6.07, 6.45) is 1.61. The molecule has 0 saturated carbocycles. The Bertz CT molecular complexity index is 654. The van der Waals surface area contributed by atoms with Crippen LogP contribution in [0, 0.1) is 5.82 Å². The molecular weight excluding hydrogens is 303 g/mol. The molecule has 1 aliphatic rings. The maximum Gasteiger partial charge on any atom is 0.257 e. The van der Waals surface area contributed by atoms with E-state index >= 15 is 0 Å². The normalized spacial score (nSPS) is 15.8. The van der Waals surface area contributed by atoms with Crippen LogP contribution in [0.5, 0.6) is 0 Å². The predicted octanol–water partition coefficient (Wildman–Crippen LogP) is 2.29. The number of carbonyl (C=O) groups is 1. The molecule has 7 heteroatoms. The first-order valence-electron chi connectivity index (χ1n) is 7.07. The molecule has 0 atom stereocenters. The molecule has 0 spiro atoms. The van der Waals surface area contributed by atoms with Gasteiger partial charge in [-0.15, -0.1) is 11.3 Å². The van der Waals surface area contributed by atoms with E-state index in [9.17, 15) is 9.18 Å². The van der Waals surface area contributed by atoms with Crippen LogP contribution < -0.4 is 10.2 Å². The molecule has 1 aromatic heterocycles. The maximum atomic E-state index is 14.3. The highest BCUT2D eigenvalue weighted by Crippen LogP contribution is 2.22. The van der Waals surface area contributed by atoms with Gasteiger partial charge < -0.3 is 9.80 Å². The third kappa shape index (κ3) is 3.26. The molecule has 1 saturated heterocycles. The molecule has 1 aliphatic heterocycles. The van der Waals surface area contributed by atoms with Crippen LogP contribution in [0.3, 0.4) is 0 Å². The number of amides is 1. The Labute approximate surface area is 132 Å². The number of thiazole rings is 1. The monoisotopic (exact) mass is 320 g/mol. The second-order valence-electron chi connectivity index (χ2n) is 5.25. The lowest BCUT2D eigenvalue weighted by atomic mass is 10.1. The third-order valence-corrected chi connectivity index (χ3v) is 4.40. The van der Waals surface area contributed by atoms with Gasteiger partial charge >= 0.3 is 0 Å². The summed E-state index contributed by atoms with van der Waals surface area (Å²) in [5.74, 6) is -0.713. The molecule has 0 unspecified atom stereocenters. The molecule has 1 N–H and O–H groups in total. The van der Waals surface area contributed by atoms with Gasteiger partial charge in [-0.05, 0) is 25.2 Å². The quantitative estimate of drug-likeness (QED) is 0.943. The molecule has 0 aliphatic carbocycles. The van der Waals surface area contributed by atoms with Crippen LogP contribution in [0.15, 0.2) is 29.8 Å². The Morgan fingerprint density at radius 3 is 2.73 bits per heavy atom. The molecule has 3 rings (SSSR count). The second-order valence-corrected chi connectivity index (χ2v) is 6.14. The van der Waals surface area contributed by atoms with Crippen LogP contribution >= 0.6 is 11.3 Å². The van der Waals surface area contributed by atoms with Crippen LogP contribution in [0.1, 0.15) is 10.4 Å². The Morgan fingerprint density at radius 2 is 2.09 bits per heavy atom. The van der Waals surface area contributed by atoms with Crippen molar-refractivity contribution in [2.75, 3.05) is 43.4 Å². The molecule has 1 aromatic carbocycles. The standard InChI is InChI=1S/C15H17FN4OS/c1-19-5-7-20(8-6-19)13-3-2-11(10-12(13)16)14(21)18-15-17-4-9-22-15/h2-4,9-10H,5-8H2,1H3,(H,17,18,21). The van der Waals surface area contributed by atoms with Gasteiger partial charge in [-0.3, -0.25) is 10.1 Å². The van der Waals surface area contributed by atoms with Crippen molar-refractivity contribution in [3.63, 3.8) is 0 Å². The van der Waals surface area contributed by atoms with Crippen molar-refractivity contribution < 1.29 is 9.18 Å². The van der Waals surface area contributed by atoms with Gasteiger partial charge in [0.1, 0.15) is 5.82 Å². The highest BCUT2D eigenvalue weighted by molar-refractivity contribution is 7.13. The largest absolute Gasteiger partial charge is 0.367 e. The molecule has 1 amide bonds. The number of likely N-dealkylation sites (N-methyl/N-ethyl adjacent to an activating group) is 1. The third-order valence-electron chi connectivity index (χ3n) is 3.71. The number of carbonyl (C=O) groups excluding carboxylic acids is 1. The Balaban J connectivity index is 1.73. The average molecular weight is 320 g/mol. The van der Waals surface area contributed by atoms with Crippen LogP contribution in [0.4, 0.5) is 15.2 Å². The molecule has 0 bridgehead atoms. The molecule has 22 heavy (non-hydrogen) atoms. The van der Waals surface area contributed by atoms with Gasteiger partial charge in [-0.2, -0.15) is 0 Å². The van der Waals surface area contributed by atoms with E-state index in [2.05, 4.69) is 22.2 Å². The van der Waals surface area contributed by atoms with E-state index in [4.69, 9.17) is 0 Å². The maximum absolute atomic E-state index is 14.3. The summed E-state index contributed by atoms with van der Waals surface area (Å²) in [5.41, 5.74) is 0.851. The van der Waals surface area contributed by atoms with E-state index in [-0.39, 0.29) is 11.7 Å². The molecule has 5 nitrogen and oxygen atoms in total. The Kier molecular flexibility index (Phi) is 4.35. The summed E-state index contributed by atoms with van der Waals surface area (Å²) in [5, 5.41) is 4.93. The number of hydrogen-bond acceptors (Lipinski definition) is 5. The summed E-state index contributed by atoms with van der Waals surface area (Å²) in [6.45, 7) is 3.40. The first-order chi connectivity index (χ1) is 10.6. The summed E-state index contributed by atoms with van der Waals surface area (Å²) >= 11 is 1.33. The minimum atomic E-state index is -0.364. The van der Waals surface area contributed by atoms with Gasteiger partial charge in [0, 0.05) is 43.3 Å². The zero-order valence-electron chi connectivity index (χ0n) is 12.3. The number of halogens is 1. The Morgan fingerprint density at radius 1 is 1.32 bits per heavy atom. The average Bonchev–Trinajstić information content (AvgIpc) is 3.01. The SMILES string of the molecule is CN1CCN(c2ccc(C(=O)Nc3nccs3)cc2F)CC1. The van der Waals surface area contributed by atoms with Gasteiger partial charge in [0.25, 0.3) is 5.91 Å². The summed E-state index contributed by atoms with van der Waals surface area (Å²) < 4.78 is 14.3. The van der Waals surface area contributed by atoms with Crippen molar-refractivity contribution in [3.8, 4) is 0 Å². The van der Waals surface area contributed by atoms with Gasteiger partial charge in [0.15, 0.2) is 5.13 Å². The first-order valence-corrected chi connectivity index (χ1v) is 7.95. The van der Waals surface area contributed by atoms with E-state index in [1.807, 2.05) is 4.90 Å². The van der Waals surface area contributed by atoms with Crippen LogP contribution in [-0.2, 0) is 0 Å². The molecule has 2 aromatic rings. The smallest absolute Gasteiger partial charge is 0.257 e. The first kappa shape index (κ1) is 14.9. The minimum Gasteiger partial charge on any atom is -0.367 e. The molecule has 1 fully saturated rings. The summed E-state index contributed by atoms with van der Waals surface area (Å²) in [6, 6.07) is 4.62. The number of rotatable bonds is 3. The van der Waals surface area contributed by atoms with Gasteiger partial charge in [0.2, 0.25) is 0 Å². The number of nitrogens with one attached hydrogen (secondary N) is 1. The van der Waals surface area contributed by atoms with Crippen molar-refractivity contribution >= 4 is 28.1 Å². The number of piperazine rings is 1. The fourth-order valence-corrected chi connectivity index (χ4v) is 2.93. The number of benzene rings is 1. The van der Waals surface area contributed by atoms with E-state index in [0.717, 1.165) is 26.2 Å². The minimum absolute atomic E-state index is 0.297. The fraction of sp³-hybridized carbons (Fsp3) is 0.333. The number of aromatic nitrogens is 1. The Hall–Kier alpha value is -1.99. The zero-order valence-corrected chi connectivity index (χ0v) is 13.1. The van der Waals surface area contributed by atoms with E-state index in [1.54, 1.807) is 23.7 Å². The lowest BCUT2D eigenvalue weighted by molar-refractivity contribution is 0.102. The van der Waals surface area contributed by atoms with Crippen LogP contribution in [-0.4, -0.2) is 49.0 Å². The van der Waals surface area contributed by atoms with Crippen LogP contribution in [0.25, 0.3) is 0 Å². The molecule has 0 radical (unpaired) electrons. The van der Waals surface area contributed by atoms with Crippen molar-refractivity contribution in [2.45, 2.75) is 0 Å². The highest BCUT2D eigenvalue weighted by atomic mass is 32.1. The summed E-state index contributed by atoms with van der Waals surface area (Å²) in [7, 11) is 2.06. The fourth-order valence-electron chi connectivity index (χ4n) is 2.41.